The van der Waals surface area contributed by atoms with E-state index in [1.165, 1.54) is 16.9 Å². The van der Waals surface area contributed by atoms with Crippen LogP contribution in [0.4, 0.5) is 0 Å². The van der Waals surface area contributed by atoms with Crippen LogP contribution in [0.5, 0.6) is 0 Å². The molecule has 2 atom stereocenters. The van der Waals surface area contributed by atoms with E-state index in [-0.39, 0.29) is 17.3 Å². The fourth-order valence-electron chi connectivity index (χ4n) is 4.41. The van der Waals surface area contributed by atoms with Crippen LogP contribution in [-0.4, -0.2) is 33.9 Å². The van der Waals surface area contributed by atoms with Gasteiger partial charge in [-0.15, -0.1) is 12.4 Å². The van der Waals surface area contributed by atoms with Crippen molar-refractivity contribution in [2.24, 2.45) is 0 Å². The molecule has 0 spiro atoms. The maximum atomic E-state index is 12.4. The number of ketones is 1. The third-order valence-corrected chi connectivity index (χ3v) is 6.49. The van der Waals surface area contributed by atoms with Crippen molar-refractivity contribution in [3.8, 4) is 0 Å². The zero-order chi connectivity index (χ0) is 16.7. The lowest BCUT2D eigenvalue weighted by molar-refractivity contribution is -0.123. The van der Waals surface area contributed by atoms with Crippen molar-refractivity contribution >= 4 is 39.7 Å². The number of hydrogen-bond acceptors (Lipinski definition) is 4. The number of carbonyl (C=O) groups excluding carboxylic acids is 1. The van der Waals surface area contributed by atoms with Crippen LogP contribution in [-0.2, 0) is 17.8 Å². The van der Waals surface area contributed by atoms with Gasteiger partial charge in [-0.3, -0.25) is 19.1 Å². The Kier molecular flexibility index (Phi) is 5.66. The number of fused-ring (bicyclic) bond motifs is 3. The Morgan fingerprint density at radius 2 is 1.84 bits per heavy atom. The molecule has 0 saturated carbocycles. The van der Waals surface area contributed by atoms with E-state index in [0.29, 0.717) is 30.7 Å². The molecule has 6 heteroatoms. The molecule has 0 amide bonds. The third-order valence-electron chi connectivity index (χ3n) is 5.55. The van der Waals surface area contributed by atoms with E-state index in [9.17, 15) is 9.59 Å². The molecule has 2 fully saturated rings. The Balaban J connectivity index is 0.00000182. The van der Waals surface area contributed by atoms with Gasteiger partial charge in [0.1, 0.15) is 5.78 Å². The number of Topliss-reactive ketones (excluding diaryl/α,β-unsaturated/α-hetero) is 1. The largest absolute Gasteiger partial charge is 0.308 e. The fourth-order valence-corrected chi connectivity index (χ4v) is 5.39. The molecular weight excluding hydrogens is 356 g/mol. The smallest absolute Gasteiger partial charge is 0.300 e. The highest BCUT2D eigenvalue weighted by molar-refractivity contribution is 7.16. The topological polar surface area (TPSA) is 42.3 Å². The number of nitrogens with zero attached hydrogens (tertiary/aromatic N) is 2. The number of benzene rings is 1. The van der Waals surface area contributed by atoms with Gasteiger partial charge in [0.2, 0.25) is 0 Å². The zero-order valence-electron chi connectivity index (χ0n) is 14.6. The van der Waals surface area contributed by atoms with E-state index in [4.69, 9.17) is 0 Å². The molecule has 4 rings (SSSR count). The first-order chi connectivity index (χ1) is 11.7. The molecule has 0 radical (unpaired) electrons. The van der Waals surface area contributed by atoms with Crippen LogP contribution >= 0.6 is 23.7 Å². The molecule has 0 N–H and O–H groups in total. The number of aryl methyl sites for hydroxylation is 1. The van der Waals surface area contributed by atoms with Crippen LogP contribution in [0.1, 0.15) is 44.6 Å². The summed E-state index contributed by atoms with van der Waals surface area (Å²) in [5.41, 5.74) is 2.37. The Hall–Kier alpha value is -1.17. The van der Waals surface area contributed by atoms with Gasteiger partial charge in [-0.1, -0.05) is 30.7 Å². The average molecular weight is 381 g/mol. The number of halogens is 1. The zero-order valence-corrected chi connectivity index (χ0v) is 16.2. The maximum absolute atomic E-state index is 12.4. The molecule has 2 unspecified atom stereocenters. The standard InChI is InChI=1S/C19H24N2O2S.ClH/c1-2-3-13-4-7-17-18(10-13)24-19(23)21(17)9-8-20-14-5-6-15(20)12-16(22)11-14;/h4,7,10,14-15H,2-3,5-6,8-9,11-12H2,1H3;1H. The van der Waals surface area contributed by atoms with E-state index < -0.39 is 0 Å². The average Bonchev–Trinajstić information content (AvgIpc) is 2.98. The second kappa shape index (κ2) is 7.60. The van der Waals surface area contributed by atoms with Crippen LogP contribution in [0.3, 0.4) is 0 Å². The lowest BCUT2D eigenvalue weighted by Gasteiger charge is -2.33. The van der Waals surface area contributed by atoms with Crippen LogP contribution in [0.2, 0.25) is 0 Å². The number of rotatable bonds is 5. The molecule has 2 aliphatic heterocycles. The summed E-state index contributed by atoms with van der Waals surface area (Å²) in [5, 5.41) is 0. The Morgan fingerprint density at radius 3 is 2.52 bits per heavy atom. The number of thiazole rings is 1. The summed E-state index contributed by atoms with van der Waals surface area (Å²) in [6.07, 6.45) is 5.86. The van der Waals surface area contributed by atoms with Gasteiger partial charge in [0.15, 0.2) is 0 Å². The first-order valence-corrected chi connectivity index (χ1v) is 9.87. The fraction of sp³-hybridized carbons (Fsp3) is 0.579. The molecule has 2 saturated heterocycles. The molecule has 3 heterocycles. The number of carbonyl (C=O) groups is 1. The quantitative estimate of drug-likeness (QED) is 0.795. The lowest BCUT2D eigenvalue weighted by Crippen LogP contribution is -2.44. The van der Waals surface area contributed by atoms with Gasteiger partial charge in [-0.2, -0.15) is 0 Å². The molecule has 1 aromatic carbocycles. The van der Waals surface area contributed by atoms with Crippen molar-refractivity contribution in [3.63, 3.8) is 0 Å². The summed E-state index contributed by atoms with van der Waals surface area (Å²) in [4.78, 5) is 26.8. The van der Waals surface area contributed by atoms with Crippen molar-refractivity contribution in [2.75, 3.05) is 6.54 Å². The second-order valence-electron chi connectivity index (χ2n) is 7.14. The molecule has 4 nitrogen and oxygen atoms in total. The van der Waals surface area contributed by atoms with Crippen molar-refractivity contribution in [1.29, 1.82) is 0 Å². The van der Waals surface area contributed by atoms with Crippen molar-refractivity contribution in [3.05, 3.63) is 33.4 Å². The molecule has 25 heavy (non-hydrogen) atoms. The molecule has 1 aromatic heterocycles. The highest BCUT2D eigenvalue weighted by Gasteiger charge is 2.39. The molecule has 2 aliphatic rings. The highest BCUT2D eigenvalue weighted by Crippen LogP contribution is 2.33. The molecular formula is C19H25ClN2O2S. The summed E-state index contributed by atoms with van der Waals surface area (Å²) in [6, 6.07) is 7.25. The summed E-state index contributed by atoms with van der Waals surface area (Å²) in [7, 11) is 0. The second-order valence-corrected chi connectivity index (χ2v) is 8.13. The van der Waals surface area contributed by atoms with Gasteiger partial charge in [0.25, 0.3) is 0 Å². The Morgan fingerprint density at radius 1 is 1.12 bits per heavy atom. The first-order valence-electron chi connectivity index (χ1n) is 9.05. The number of aromatic nitrogens is 1. The minimum atomic E-state index is 0. The summed E-state index contributed by atoms with van der Waals surface area (Å²) in [5.74, 6) is 0.417. The van der Waals surface area contributed by atoms with E-state index in [2.05, 4.69) is 30.0 Å². The van der Waals surface area contributed by atoms with Gasteiger partial charge < -0.3 is 0 Å². The van der Waals surface area contributed by atoms with Crippen molar-refractivity contribution in [1.82, 2.24) is 9.47 Å². The third kappa shape index (κ3) is 3.55. The van der Waals surface area contributed by atoms with Crippen LogP contribution in [0, 0.1) is 0 Å². The predicted octanol–water partition coefficient (Wildman–Crippen LogP) is 3.63. The van der Waals surface area contributed by atoms with Gasteiger partial charge in [0, 0.05) is 38.0 Å². The Bertz CT molecular complexity index is 812. The SMILES string of the molecule is CCCc1ccc2c(c1)sc(=O)n2CCN1C2CCC1CC(=O)C2.Cl. The molecule has 0 aliphatic carbocycles. The molecule has 136 valence electrons. The van der Waals surface area contributed by atoms with E-state index in [1.807, 2.05) is 4.57 Å². The van der Waals surface area contributed by atoms with Gasteiger partial charge >= 0.3 is 4.87 Å². The molecule has 2 aromatic rings. The lowest BCUT2D eigenvalue weighted by atomic mass is 10.0. The van der Waals surface area contributed by atoms with Crippen molar-refractivity contribution < 1.29 is 4.79 Å². The minimum Gasteiger partial charge on any atom is -0.300 e. The summed E-state index contributed by atoms with van der Waals surface area (Å²) < 4.78 is 3.02. The maximum Gasteiger partial charge on any atom is 0.308 e. The Labute approximate surface area is 158 Å². The summed E-state index contributed by atoms with van der Waals surface area (Å²) >= 11 is 1.36. The van der Waals surface area contributed by atoms with Gasteiger partial charge in [-0.25, -0.2) is 0 Å². The van der Waals surface area contributed by atoms with Gasteiger partial charge in [0.05, 0.1) is 10.2 Å². The van der Waals surface area contributed by atoms with E-state index >= 15 is 0 Å². The first kappa shape index (κ1) is 18.6. The number of hydrogen-bond donors (Lipinski definition) is 0. The highest BCUT2D eigenvalue weighted by atomic mass is 35.5. The normalized spacial score (nSPS) is 23.2. The monoisotopic (exact) mass is 380 g/mol. The van der Waals surface area contributed by atoms with Crippen LogP contribution < -0.4 is 4.87 Å². The molecule has 2 bridgehead atoms. The van der Waals surface area contributed by atoms with E-state index in [0.717, 1.165) is 49.0 Å². The predicted molar refractivity (Wildman–Crippen MR) is 105 cm³/mol. The minimum absolute atomic E-state index is 0. The van der Waals surface area contributed by atoms with E-state index in [1.54, 1.807) is 0 Å². The number of piperidine rings is 1. The van der Waals surface area contributed by atoms with Crippen LogP contribution in [0.25, 0.3) is 10.2 Å². The summed E-state index contributed by atoms with van der Waals surface area (Å²) in [6.45, 7) is 3.79. The van der Waals surface area contributed by atoms with Gasteiger partial charge in [-0.05, 0) is 37.0 Å². The van der Waals surface area contributed by atoms with Crippen molar-refractivity contribution in [2.45, 2.75) is 64.1 Å². The van der Waals surface area contributed by atoms with Crippen LogP contribution in [0.15, 0.2) is 23.0 Å².